The minimum Gasteiger partial charge on any atom is -0.345 e. The van der Waals surface area contributed by atoms with Crippen LogP contribution in [-0.4, -0.2) is 41.1 Å². The SMILES string of the molecule is CN(CC(C)(C)CN)C(=O)CCCc1nc(C2CC2)no1.Cl. The molecule has 7 heteroatoms. The molecule has 0 saturated heterocycles. The van der Waals surface area contributed by atoms with Crippen molar-refractivity contribution in [1.82, 2.24) is 15.0 Å². The Labute approximate surface area is 138 Å². The molecule has 6 nitrogen and oxygen atoms in total. The maximum Gasteiger partial charge on any atom is 0.226 e. The molecule has 0 spiro atoms. The Morgan fingerprint density at radius 2 is 2.14 bits per heavy atom. The predicted octanol–water partition coefficient (Wildman–Crippen LogP) is 2.13. The second-order valence-electron chi connectivity index (χ2n) is 6.79. The zero-order chi connectivity index (χ0) is 15.5. The topological polar surface area (TPSA) is 85.2 Å². The normalized spacial score (nSPS) is 14.5. The maximum atomic E-state index is 12.1. The summed E-state index contributed by atoms with van der Waals surface area (Å²) in [6.45, 7) is 5.37. The summed E-state index contributed by atoms with van der Waals surface area (Å²) in [7, 11) is 1.83. The summed E-state index contributed by atoms with van der Waals surface area (Å²) < 4.78 is 5.20. The van der Waals surface area contributed by atoms with Gasteiger partial charge in [-0.3, -0.25) is 4.79 Å². The number of aryl methyl sites for hydroxylation is 1. The molecule has 1 heterocycles. The van der Waals surface area contributed by atoms with Crippen molar-refractivity contribution in [3.05, 3.63) is 11.7 Å². The first-order valence-corrected chi connectivity index (χ1v) is 7.68. The van der Waals surface area contributed by atoms with Crippen molar-refractivity contribution < 1.29 is 9.32 Å². The van der Waals surface area contributed by atoms with Gasteiger partial charge in [-0.25, -0.2) is 0 Å². The molecule has 0 aromatic carbocycles. The predicted molar refractivity (Wildman–Crippen MR) is 86.9 cm³/mol. The first kappa shape index (κ1) is 18.9. The zero-order valence-corrected chi connectivity index (χ0v) is 14.5. The average molecular weight is 331 g/mol. The van der Waals surface area contributed by atoms with Crippen molar-refractivity contribution >= 4 is 18.3 Å². The van der Waals surface area contributed by atoms with Gasteiger partial charge in [0.05, 0.1) is 0 Å². The van der Waals surface area contributed by atoms with Crippen LogP contribution in [0.15, 0.2) is 4.52 Å². The molecule has 0 bridgehead atoms. The molecule has 1 fully saturated rings. The number of carbonyl (C=O) groups excluding carboxylic acids is 1. The Bertz CT molecular complexity index is 486. The molecule has 126 valence electrons. The molecule has 1 aliphatic rings. The van der Waals surface area contributed by atoms with Gasteiger partial charge < -0.3 is 15.2 Å². The second-order valence-corrected chi connectivity index (χ2v) is 6.79. The number of amides is 1. The Hall–Kier alpha value is -1.14. The average Bonchev–Trinajstić information content (AvgIpc) is 3.18. The highest BCUT2D eigenvalue weighted by molar-refractivity contribution is 5.85. The minimum atomic E-state index is -0.0456. The third kappa shape index (κ3) is 5.57. The van der Waals surface area contributed by atoms with E-state index < -0.39 is 0 Å². The maximum absolute atomic E-state index is 12.1. The fraction of sp³-hybridized carbons (Fsp3) is 0.800. The van der Waals surface area contributed by atoms with E-state index in [-0.39, 0.29) is 23.7 Å². The van der Waals surface area contributed by atoms with Crippen LogP contribution in [0.1, 0.15) is 57.2 Å². The smallest absolute Gasteiger partial charge is 0.226 e. The monoisotopic (exact) mass is 330 g/mol. The summed E-state index contributed by atoms with van der Waals surface area (Å²) in [6, 6.07) is 0. The fourth-order valence-corrected chi connectivity index (χ4v) is 2.25. The van der Waals surface area contributed by atoms with E-state index in [1.54, 1.807) is 4.90 Å². The molecule has 2 rings (SSSR count). The van der Waals surface area contributed by atoms with Crippen LogP contribution in [0.3, 0.4) is 0 Å². The van der Waals surface area contributed by atoms with Gasteiger partial charge in [-0.1, -0.05) is 19.0 Å². The summed E-state index contributed by atoms with van der Waals surface area (Å²) >= 11 is 0. The van der Waals surface area contributed by atoms with Crippen LogP contribution < -0.4 is 5.73 Å². The van der Waals surface area contributed by atoms with Crippen LogP contribution in [0, 0.1) is 5.41 Å². The largest absolute Gasteiger partial charge is 0.345 e. The van der Waals surface area contributed by atoms with E-state index in [1.807, 2.05) is 7.05 Å². The van der Waals surface area contributed by atoms with Crippen molar-refractivity contribution in [3.8, 4) is 0 Å². The quantitative estimate of drug-likeness (QED) is 0.789. The Morgan fingerprint density at radius 1 is 1.45 bits per heavy atom. The van der Waals surface area contributed by atoms with Gasteiger partial charge in [-0.2, -0.15) is 4.98 Å². The summed E-state index contributed by atoms with van der Waals surface area (Å²) in [5, 5.41) is 3.98. The molecule has 0 atom stereocenters. The van der Waals surface area contributed by atoms with E-state index in [1.165, 1.54) is 12.8 Å². The summed E-state index contributed by atoms with van der Waals surface area (Å²) in [6.07, 6.45) is 4.23. The molecule has 0 radical (unpaired) electrons. The molecule has 0 unspecified atom stereocenters. The first-order chi connectivity index (χ1) is 9.91. The highest BCUT2D eigenvalue weighted by Gasteiger charge is 2.28. The standard InChI is InChI=1S/C15H26N4O2.ClH/c1-15(2,9-16)10-19(3)13(20)6-4-5-12-17-14(18-21-12)11-7-8-11;/h11H,4-10,16H2,1-3H3;1H. The van der Waals surface area contributed by atoms with Gasteiger partial charge in [0.2, 0.25) is 11.8 Å². The van der Waals surface area contributed by atoms with E-state index in [2.05, 4.69) is 24.0 Å². The fourth-order valence-electron chi connectivity index (χ4n) is 2.25. The number of hydrogen-bond acceptors (Lipinski definition) is 5. The van der Waals surface area contributed by atoms with Gasteiger partial charge >= 0.3 is 0 Å². The van der Waals surface area contributed by atoms with Gasteiger partial charge in [0.1, 0.15) is 0 Å². The zero-order valence-electron chi connectivity index (χ0n) is 13.7. The van der Waals surface area contributed by atoms with Gasteiger partial charge in [-0.15, -0.1) is 12.4 Å². The van der Waals surface area contributed by atoms with Crippen molar-refractivity contribution in [2.75, 3.05) is 20.1 Å². The van der Waals surface area contributed by atoms with Gasteiger partial charge in [-0.05, 0) is 31.2 Å². The number of nitrogens with zero attached hydrogens (tertiary/aromatic N) is 3. The number of nitrogens with two attached hydrogens (primary N) is 1. The van der Waals surface area contributed by atoms with Crippen LogP contribution in [0.4, 0.5) is 0 Å². The van der Waals surface area contributed by atoms with E-state index in [0.717, 1.165) is 12.2 Å². The third-order valence-corrected chi connectivity index (χ3v) is 3.85. The van der Waals surface area contributed by atoms with Crippen LogP contribution in [0.25, 0.3) is 0 Å². The lowest BCUT2D eigenvalue weighted by atomic mass is 9.93. The number of carbonyl (C=O) groups is 1. The minimum absolute atomic E-state index is 0. The lowest BCUT2D eigenvalue weighted by Gasteiger charge is -2.29. The Balaban J connectivity index is 0.00000242. The van der Waals surface area contributed by atoms with Gasteiger partial charge in [0, 0.05) is 32.4 Å². The summed E-state index contributed by atoms with van der Waals surface area (Å²) in [4.78, 5) is 18.2. The number of halogens is 1. The van der Waals surface area contributed by atoms with Crippen molar-refractivity contribution in [3.63, 3.8) is 0 Å². The van der Waals surface area contributed by atoms with Crippen LogP contribution >= 0.6 is 12.4 Å². The van der Waals surface area contributed by atoms with Crippen LogP contribution in [-0.2, 0) is 11.2 Å². The molecule has 1 saturated carbocycles. The first-order valence-electron chi connectivity index (χ1n) is 7.68. The molecule has 2 N–H and O–H groups in total. The Kier molecular flexibility index (Phi) is 6.81. The van der Waals surface area contributed by atoms with E-state index in [9.17, 15) is 4.79 Å². The molecule has 22 heavy (non-hydrogen) atoms. The second kappa shape index (κ2) is 7.92. The van der Waals surface area contributed by atoms with Crippen molar-refractivity contribution in [2.45, 2.75) is 51.9 Å². The summed E-state index contributed by atoms with van der Waals surface area (Å²) in [5.74, 6) is 2.12. The molecular formula is C15H27ClN4O2. The van der Waals surface area contributed by atoms with E-state index in [4.69, 9.17) is 10.3 Å². The van der Waals surface area contributed by atoms with Crippen LogP contribution in [0.5, 0.6) is 0 Å². The van der Waals surface area contributed by atoms with E-state index in [0.29, 0.717) is 37.7 Å². The third-order valence-electron chi connectivity index (χ3n) is 3.85. The van der Waals surface area contributed by atoms with Crippen molar-refractivity contribution in [2.24, 2.45) is 11.1 Å². The highest BCUT2D eigenvalue weighted by Crippen LogP contribution is 2.38. The summed E-state index contributed by atoms with van der Waals surface area (Å²) in [5.41, 5.74) is 5.65. The highest BCUT2D eigenvalue weighted by atomic mass is 35.5. The molecular weight excluding hydrogens is 304 g/mol. The van der Waals surface area contributed by atoms with E-state index >= 15 is 0 Å². The van der Waals surface area contributed by atoms with Crippen molar-refractivity contribution in [1.29, 1.82) is 0 Å². The number of hydrogen-bond donors (Lipinski definition) is 1. The number of aromatic nitrogens is 2. The molecule has 1 aromatic heterocycles. The number of rotatable bonds is 8. The molecule has 1 aromatic rings. The van der Waals surface area contributed by atoms with Gasteiger partial charge in [0.15, 0.2) is 5.82 Å². The molecule has 1 aliphatic carbocycles. The molecule has 0 aliphatic heterocycles. The lowest BCUT2D eigenvalue weighted by Crippen LogP contribution is -2.39. The van der Waals surface area contributed by atoms with Crippen LogP contribution in [0.2, 0.25) is 0 Å². The van der Waals surface area contributed by atoms with Gasteiger partial charge in [0.25, 0.3) is 0 Å². The molecule has 1 amide bonds. The lowest BCUT2D eigenvalue weighted by molar-refractivity contribution is -0.131. The Morgan fingerprint density at radius 3 is 2.73 bits per heavy atom.